The van der Waals surface area contributed by atoms with Gasteiger partial charge in [-0.2, -0.15) is 0 Å². The maximum atomic E-state index is 12.4. The molecule has 27 heavy (non-hydrogen) atoms. The van der Waals surface area contributed by atoms with Crippen LogP contribution in [0.2, 0.25) is 0 Å². The number of aliphatic hydroxyl groups excluding tert-OH is 1. The number of esters is 1. The second kappa shape index (κ2) is 6.04. The molecule has 3 fully saturated rings. The Kier molecular flexibility index (Phi) is 3.95. The minimum absolute atomic E-state index is 0.103. The van der Waals surface area contributed by atoms with Crippen LogP contribution >= 0.6 is 0 Å². The maximum Gasteiger partial charge on any atom is 0.331 e. The molecule has 4 heteroatoms. The van der Waals surface area contributed by atoms with Gasteiger partial charge < -0.3 is 14.6 Å². The van der Waals surface area contributed by atoms with E-state index in [1.54, 1.807) is 11.6 Å². The Labute approximate surface area is 161 Å². The van der Waals surface area contributed by atoms with Crippen molar-refractivity contribution in [3.63, 3.8) is 0 Å². The van der Waals surface area contributed by atoms with Gasteiger partial charge in [-0.3, -0.25) is 0 Å². The van der Waals surface area contributed by atoms with Crippen LogP contribution in [0.15, 0.2) is 23.3 Å². The number of carbonyl (C=O) groups excluding carboxylic acids is 2. The van der Waals surface area contributed by atoms with Crippen LogP contribution in [0.25, 0.3) is 0 Å². The predicted octanol–water partition coefficient (Wildman–Crippen LogP) is 3.59. The molecule has 0 bridgehead atoms. The second-order valence-corrected chi connectivity index (χ2v) is 9.88. The lowest BCUT2D eigenvalue weighted by atomic mass is 9.45. The van der Waals surface area contributed by atoms with E-state index in [-0.39, 0.29) is 22.9 Å². The molecule has 0 aromatic carbocycles. The van der Waals surface area contributed by atoms with Crippen LogP contribution in [0.5, 0.6) is 0 Å². The van der Waals surface area contributed by atoms with E-state index in [9.17, 15) is 14.7 Å². The average Bonchev–Trinajstić information content (AvgIpc) is 3.23. The summed E-state index contributed by atoms with van der Waals surface area (Å²) in [4.78, 5) is 24.0. The van der Waals surface area contributed by atoms with E-state index in [2.05, 4.69) is 13.0 Å². The quantitative estimate of drug-likeness (QED) is 0.458. The van der Waals surface area contributed by atoms with Crippen LogP contribution in [-0.2, 0) is 14.3 Å². The molecule has 5 aliphatic rings. The van der Waals surface area contributed by atoms with E-state index >= 15 is 0 Å². The molecule has 0 unspecified atom stereocenters. The normalized spacial score (nSPS) is 48.7. The Morgan fingerprint density at radius 1 is 1.22 bits per heavy atom. The summed E-state index contributed by atoms with van der Waals surface area (Å²) in [6.07, 6.45) is 13.0. The highest BCUT2D eigenvalue weighted by Gasteiger charge is 2.59. The smallest absolute Gasteiger partial charge is 0.331 e. The van der Waals surface area contributed by atoms with Crippen LogP contribution in [0.3, 0.4) is 0 Å². The zero-order chi connectivity index (χ0) is 18.8. The van der Waals surface area contributed by atoms with E-state index in [1.807, 2.05) is 0 Å². The van der Waals surface area contributed by atoms with E-state index in [4.69, 9.17) is 4.74 Å². The number of hydrogen-bond donors (Lipinski definition) is 1. The summed E-state index contributed by atoms with van der Waals surface area (Å²) < 4.78 is 5.20. The highest BCUT2D eigenvalue weighted by molar-refractivity contribution is 5.85. The van der Waals surface area contributed by atoms with E-state index in [1.165, 1.54) is 6.29 Å². The first kappa shape index (κ1) is 17.7. The standard InChI is InChI=1S/C23H30O4/c1-22-8-7-20-17(3-2-15-11-16(25)6-9-23(15,20)13-24)19(22)5-4-18(22)14-10-21(26)27-12-14/h5,10,13,15-18,20,25H,2-4,6-9,11-12H2,1H3/t15-,16+,17+,18-,20+,22-,23-/m1/s1. The van der Waals surface area contributed by atoms with Crippen molar-refractivity contribution in [1.29, 1.82) is 0 Å². The van der Waals surface area contributed by atoms with Crippen molar-refractivity contribution in [2.45, 2.75) is 64.4 Å². The third kappa shape index (κ3) is 2.38. The first-order valence-corrected chi connectivity index (χ1v) is 10.7. The van der Waals surface area contributed by atoms with E-state index in [0.717, 1.165) is 56.9 Å². The van der Waals surface area contributed by atoms with Crippen molar-refractivity contribution in [1.82, 2.24) is 0 Å². The minimum atomic E-state index is -0.228. The van der Waals surface area contributed by atoms with Crippen molar-refractivity contribution in [2.75, 3.05) is 6.61 Å². The third-order valence-corrected chi connectivity index (χ3v) is 8.96. The molecule has 0 aromatic heterocycles. The zero-order valence-corrected chi connectivity index (χ0v) is 16.2. The van der Waals surface area contributed by atoms with Crippen LogP contribution in [-0.4, -0.2) is 30.1 Å². The van der Waals surface area contributed by atoms with E-state index in [0.29, 0.717) is 30.3 Å². The maximum absolute atomic E-state index is 12.4. The summed E-state index contributed by atoms with van der Waals surface area (Å²) in [7, 11) is 0. The highest BCUT2D eigenvalue weighted by atomic mass is 16.5. The first-order valence-electron chi connectivity index (χ1n) is 10.7. The molecule has 1 heterocycles. The lowest BCUT2D eigenvalue weighted by Crippen LogP contribution is -2.54. The van der Waals surface area contributed by atoms with Gasteiger partial charge in [0, 0.05) is 11.5 Å². The summed E-state index contributed by atoms with van der Waals surface area (Å²) in [6, 6.07) is 0. The van der Waals surface area contributed by atoms with Crippen molar-refractivity contribution >= 4 is 12.3 Å². The summed E-state index contributed by atoms with van der Waals surface area (Å²) in [5, 5.41) is 10.1. The third-order valence-electron chi connectivity index (χ3n) is 8.96. The molecule has 0 aromatic rings. The summed E-state index contributed by atoms with van der Waals surface area (Å²) in [5.74, 6) is 1.44. The zero-order valence-electron chi connectivity index (χ0n) is 16.2. The number of ether oxygens (including phenoxy) is 1. The number of hydrogen-bond acceptors (Lipinski definition) is 4. The van der Waals surface area contributed by atoms with Gasteiger partial charge in [0.1, 0.15) is 12.9 Å². The van der Waals surface area contributed by atoms with E-state index < -0.39 is 0 Å². The van der Waals surface area contributed by atoms with Crippen molar-refractivity contribution in [3.05, 3.63) is 23.3 Å². The molecule has 0 radical (unpaired) electrons. The molecule has 5 rings (SSSR count). The van der Waals surface area contributed by atoms with Gasteiger partial charge in [0.05, 0.1) is 6.10 Å². The summed E-state index contributed by atoms with van der Waals surface area (Å²) in [5.41, 5.74) is 2.58. The van der Waals surface area contributed by atoms with Gasteiger partial charge in [-0.1, -0.05) is 18.6 Å². The van der Waals surface area contributed by atoms with Crippen LogP contribution in [0.1, 0.15) is 58.3 Å². The minimum Gasteiger partial charge on any atom is -0.458 e. The lowest BCUT2D eigenvalue weighted by Gasteiger charge is -2.58. The van der Waals surface area contributed by atoms with Crippen molar-refractivity contribution in [3.8, 4) is 0 Å². The highest BCUT2D eigenvalue weighted by Crippen LogP contribution is 2.66. The number of allylic oxidation sites excluding steroid dienone is 2. The second-order valence-electron chi connectivity index (χ2n) is 9.88. The molecule has 0 saturated heterocycles. The molecular weight excluding hydrogens is 340 g/mol. The first-order chi connectivity index (χ1) is 13.0. The van der Waals surface area contributed by atoms with Crippen LogP contribution in [0, 0.1) is 34.5 Å². The van der Waals surface area contributed by atoms with Crippen molar-refractivity contribution in [2.24, 2.45) is 34.5 Å². The molecule has 3 saturated carbocycles. The van der Waals surface area contributed by atoms with Crippen LogP contribution in [0.4, 0.5) is 0 Å². The number of cyclic esters (lactones) is 1. The molecular formula is C23H30O4. The molecule has 4 aliphatic carbocycles. The van der Waals surface area contributed by atoms with Gasteiger partial charge in [0.25, 0.3) is 0 Å². The monoisotopic (exact) mass is 370 g/mol. The summed E-state index contributed by atoms with van der Waals surface area (Å²) >= 11 is 0. The summed E-state index contributed by atoms with van der Waals surface area (Å²) in [6.45, 7) is 2.83. The number of aliphatic hydroxyl groups is 1. The Hall–Kier alpha value is -1.42. The molecule has 7 atom stereocenters. The van der Waals surface area contributed by atoms with Gasteiger partial charge >= 0.3 is 5.97 Å². The largest absolute Gasteiger partial charge is 0.458 e. The van der Waals surface area contributed by atoms with Gasteiger partial charge in [-0.25, -0.2) is 4.79 Å². The van der Waals surface area contributed by atoms with Gasteiger partial charge in [-0.05, 0) is 86.0 Å². The molecule has 1 N–H and O–H groups in total. The Bertz CT molecular complexity index is 737. The SMILES string of the molecule is C[C@]12CC[C@H]3[C@@H](CC[C@@H]4C[C@@H](O)CC[C@@]43C=O)C1=CC[C@@H]2C1=CC(=O)OC1. The molecule has 4 nitrogen and oxygen atoms in total. The van der Waals surface area contributed by atoms with Gasteiger partial charge in [0.2, 0.25) is 0 Å². The van der Waals surface area contributed by atoms with Crippen molar-refractivity contribution < 1.29 is 19.4 Å². The number of carbonyl (C=O) groups is 2. The fourth-order valence-corrected chi connectivity index (χ4v) is 7.64. The lowest BCUT2D eigenvalue weighted by molar-refractivity contribution is -0.140. The number of fused-ring (bicyclic) bond motifs is 5. The topological polar surface area (TPSA) is 63.6 Å². The fourth-order valence-electron chi connectivity index (χ4n) is 7.64. The molecule has 1 aliphatic heterocycles. The Morgan fingerprint density at radius 2 is 2.07 bits per heavy atom. The Balaban J connectivity index is 1.46. The number of rotatable bonds is 2. The molecule has 0 spiro atoms. The molecule has 146 valence electrons. The average molecular weight is 370 g/mol. The fraction of sp³-hybridized carbons (Fsp3) is 0.739. The Morgan fingerprint density at radius 3 is 2.81 bits per heavy atom. The van der Waals surface area contributed by atoms with Gasteiger partial charge in [-0.15, -0.1) is 0 Å². The van der Waals surface area contributed by atoms with Crippen LogP contribution < -0.4 is 0 Å². The predicted molar refractivity (Wildman–Crippen MR) is 101 cm³/mol. The van der Waals surface area contributed by atoms with Gasteiger partial charge in [0.15, 0.2) is 0 Å². The molecule has 0 amide bonds. The number of aldehydes is 1.